The minimum atomic E-state index is -5.17. The Hall–Kier alpha value is -1.87. The van der Waals surface area contributed by atoms with E-state index in [1.54, 1.807) is 13.8 Å². The first-order valence-electron chi connectivity index (χ1n) is 10.1. The molecule has 2 N–H and O–H groups in total. The van der Waals surface area contributed by atoms with E-state index in [1.165, 1.54) is 0 Å². The molecule has 0 aromatic heterocycles. The molecular weight excluding hydrogens is 456 g/mol. The summed E-state index contributed by atoms with van der Waals surface area (Å²) in [4.78, 5) is 31.9. The first-order chi connectivity index (χ1) is 14.7. The molecule has 0 rings (SSSR count). The lowest BCUT2D eigenvalue weighted by atomic mass is 10.3. The molecule has 13 heteroatoms. The van der Waals surface area contributed by atoms with Crippen molar-refractivity contribution in [3.05, 3.63) is 24.3 Å². The normalized spacial score (nSPS) is 11.2. The van der Waals surface area contributed by atoms with Crippen molar-refractivity contribution in [2.75, 3.05) is 68.6 Å². The zero-order chi connectivity index (χ0) is 26.9. The van der Waals surface area contributed by atoms with Crippen LogP contribution in [0.15, 0.2) is 24.3 Å². The Bertz CT molecular complexity index is 657. The Labute approximate surface area is 198 Å². The molecular formula is C20H42N4O8S. The summed E-state index contributed by atoms with van der Waals surface area (Å²) in [6, 6.07) is 0. The van der Waals surface area contributed by atoms with E-state index in [9.17, 15) is 9.59 Å². The van der Waals surface area contributed by atoms with Gasteiger partial charge in [-0.3, -0.25) is 27.7 Å². The molecule has 0 unspecified atom stereocenters. The quantitative estimate of drug-likeness (QED) is 0.0956. The summed E-state index contributed by atoms with van der Waals surface area (Å²) in [7, 11) is 7.54. The first kappa shape index (κ1) is 35.7. The van der Waals surface area contributed by atoms with Crippen molar-refractivity contribution >= 4 is 22.2 Å². The van der Waals surface area contributed by atoms with E-state index in [4.69, 9.17) is 27.2 Å². The lowest BCUT2D eigenvalue weighted by Gasteiger charge is -2.23. The van der Waals surface area contributed by atoms with E-state index in [0.717, 1.165) is 34.9 Å². The predicted octanol–water partition coefficient (Wildman–Crippen LogP) is 0.0752. The van der Waals surface area contributed by atoms with Crippen LogP contribution in [-0.2, 0) is 29.7 Å². The van der Waals surface area contributed by atoms with Crippen molar-refractivity contribution in [1.29, 1.82) is 0 Å². The molecule has 0 aliphatic carbocycles. The Morgan fingerprint density at radius 2 is 1.00 bits per heavy atom. The van der Waals surface area contributed by atoms with Gasteiger partial charge in [0.05, 0.1) is 68.6 Å². The van der Waals surface area contributed by atoms with E-state index in [0.29, 0.717) is 24.4 Å². The highest BCUT2D eigenvalue weighted by Gasteiger charge is 2.07. The highest BCUT2D eigenvalue weighted by molar-refractivity contribution is 7.79. The van der Waals surface area contributed by atoms with Crippen molar-refractivity contribution < 1.29 is 45.8 Å². The van der Waals surface area contributed by atoms with Crippen LogP contribution in [0, 0.1) is 0 Å². The summed E-state index contributed by atoms with van der Waals surface area (Å²) in [5, 5.41) is 0. The van der Waals surface area contributed by atoms with Gasteiger partial charge in [0.25, 0.3) is 11.8 Å². The highest BCUT2D eigenvalue weighted by atomic mass is 32.3. The van der Waals surface area contributed by atoms with Gasteiger partial charge in [0, 0.05) is 34.4 Å². The Balaban J connectivity index is -0.000000453. The number of hydrogen-bond donors (Lipinski definition) is 2. The van der Waals surface area contributed by atoms with Crippen LogP contribution in [0.5, 0.6) is 0 Å². The van der Waals surface area contributed by atoms with E-state index < -0.39 is 10.4 Å². The van der Waals surface area contributed by atoms with Crippen molar-refractivity contribution in [3.63, 3.8) is 0 Å². The molecule has 0 aliphatic heterocycles. The molecule has 0 aromatic rings. The zero-order valence-electron chi connectivity index (χ0n) is 21.2. The molecule has 0 spiro atoms. The molecule has 0 fully saturated rings. The van der Waals surface area contributed by atoms with Gasteiger partial charge >= 0.3 is 0 Å². The van der Waals surface area contributed by atoms with Crippen molar-refractivity contribution in [1.82, 2.24) is 11.0 Å². The van der Waals surface area contributed by atoms with Crippen LogP contribution < -0.4 is 11.0 Å². The second-order valence-electron chi connectivity index (χ2n) is 9.26. The van der Waals surface area contributed by atoms with Gasteiger partial charge in [-0.1, -0.05) is 13.2 Å². The largest absolute Gasteiger partial charge is 0.759 e. The van der Waals surface area contributed by atoms with Crippen LogP contribution in [0.1, 0.15) is 26.7 Å². The minimum Gasteiger partial charge on any atom is -0.759 e. The Morgan fingerprint density at radius 3 is 1.18 bits per heavy atom. The number of hydrogen-bond acceptors (Lipinski definition) is 8. The van der Waals surface area contributed by atoms with Gasteiger partial charge in [0.15, 0.2) is 0 Å². The second kappa shape index (κ2) is 17.6. The molecule has 2 amide bonds. The van der Waals surface area contributed by atoms with Gasteiger partial charge < -0.3 is 18.1 Å². The summed E-state index contributed by atoms with van der Waals surface area (Å²) >= 11 is 0. The van der Waals surface area contributed by atoms with Crippen molar-refractivity contribution in [3.8, 4) is 0 Å². The molecule has 196 valence electrons. The molecule has 33 heavy (non-hydrogen) atoms. The van der Waals surface area contributed by atoms with Crippen LogP contribution in [0.3, 0.4) is 0 Å². The fourth-order valence-corrected chi connectivity index (χ4v) is 1.63. The highest BCUT2D eigenvalue weighted by Crippen LogP contribution is 1.94. The third-order valence-corrected chi connectivity index (χ3v) is 3.26. The van der Waals surface area contributed by atoms with Gasteiger partial charge in [-0.15, -0.1) is 0 Å². The van der Waals surface area contributed by atoms with Crippen LogP contribution in [0.2, 0.25) is 0 Å². The van der Waals surface area contributed by atoms with Gasteiger partial charge in [-0.25, -0.2) is 11.0 Å². The lowest BCUT2D eigenvalue weighted by molar-refractivity contribution is -0.870. The van der Waals surface area contributed by atoms with Gasteiger partial charge in [-0.05, 0) is 13.8 Å². The monoisotopic (exact) mass is 498 g/mol. The molecule has 0 heterocycles. The fourth-order valence-electron chi connectivity index (χ4n) is 1.63. The number of amides is 2. The SMILES string of the molecule is C=C(C)C(=O)NOCCC[N+](C)(C)C.C=C(C)C(=O)NOCCC[N+](C)(C)C.O=S(=O)([O-])[O-]. The second-order valence-corrected chi connectivity index (χ2v) is 10.1. The number of rotatable bonds is 12. The zero-order valence-corrected chi connectivity index (χ0v) is 22.0. The molecule has 0 radical (unpaired) electrons. The van der Waals surface area contributed by atoms with Gasteiger partial charge in [0.2, 0.25) is 0 Å². The van der Waals surface area contributed by atoms with Gasteiger partial charge in [0.1, 0.15) is 0 Å². The number of nitrogens with one attached hydrogen (secondary N) is 2. The maximum atomic E-state index is 11.0. The fraction of sp³-hybridized carbons (Fsp3) is 0.700. The van der Waals surface area contributed by atoms with E-state index in [-0.39, 0.29) is 11.8 Å². The average molecular weight is 499 g/mol. The summed E-state index contributed by atoms with van der Waals surface area (Å²) < 4.78 is 35.9. The molecule has 0 aromatic carbocycles. The number of hydroxylamine groups is 2. The van der Waals surface area contributed by atoms with E-state index in [2.05, 4.69) is 66.4 Å². The molecule has 12 nitrogen and oxygen atoms in total. The number of nitrogens with zero attached hydrogens (tertiary/aromatic N) is 2. The summed E-state index contributed by atoms with van der Waals surface area (Å²) in [6.45, 7) is 13.4. The van der Waals surface area contributed by atoms with Crippen LogP contribution >= 0.6 is 0 Å². The molecule has 0 saturated carbocycles. The van der Waals surface area contributed by atoms with Crippen LogP contribution in [0.4, 0.5) is 0 Å². The Morgan fingerprint density at radius 1 is 0.758 bits per heavy atom. The third kappa shape index (κ3) is 40.9. The number of quaternary nitrogens is 2. The maximum Gasteiger partial charge on any atom is 0.269 e. The smallest absolute Gasteiger partial charge is 0.269 e. The van der Waals surface area contributed by atoms with E-state index in [1.807, 2.05) is 0 Å². The standard InChI is InChI=1S/2C10H20N2O2.H2O4S/c2*1-9(2)10(13)11-14-8-6-7-12(3,4)5;1-5(2,3)4/h2*1,6-8H2,2-5H3;(H2,1,2,3,4). The predicted molar refractivity (Wildman–Crippen MR) is 123 cm³/mol. The maximum absolute atomic E-state index is 11.0. The summed E-state index contributed by atoms with van der Waals surface area (Å²) in [6.07, 6.45) is 1.83. The molecule has 0 atom stereocenters. The van der Waals surface area contributed by atoms with E-state index >= 15 is 0 Å². The van der Waals surface area contributed by atoms with Gasteiger partial charge in [-0.2, -0.15) is 0 Å². The topological polar surface area (TPSA) is 157 Å². The first-order valence-corrected chi connectivity index (χ1v) is 11.4. The van der Waals surface area contributed by atoms with Crippen LogP contribution in [-0.4, -0.2) is 107 Å². The minimum absolute atomic E-state index is 0.254. The number of carbonyl (C=O) groups excluding carboxylic acids is 2. The molecule has 0 bridgehead atoms. The molecule has 0 saturated heterocycles. The lowest BCUT2D eigenvalue weighted by Crippen LogP contribution is -2.36. The summed E-state index contributed by atoms with van der Waals surface area (Å²) in [5.41, 5.74) is 5.56. The van der Waals surface area contributed by atoms with Crippen molar-refractivity contribution in [2.45, 2.75) is 26.7 Å². The number of carbonyl (C=O) groups is 2. The third-order valence-electron chi connectivity index (χ3n) is 3.26. The molecule has 0 aliphatic rings. The van der Waals surface area contributed by atoms with Crippen LogP contribution in [0.25, 0.3) is 0 Å². The average Bonchev–Trinajstić information content (AvgIpc) is 2.57. The summed E-state index contributed by atoms with van der Waals surface area (Å²) in [5.74, 6) is -0.509. The Kier molecular flexibility index (Phi) is 19.0. The van der Waals surface area contributed by atoms with Crippen molar-refractivity contribution in [2.24, 2.45) is 0 Å².